The maximum Gasteiger partial charge on any atom is 0.346 e. The van der Waals surface area contributed by atoms with E-state index in [-0.39, 0.29) is 6.54 Å². The number of nitrogens with two attached hydrogens (primary N) is 1. The fourth-order valence-corrected chi connectivity index (χ4v) is 1.68. The second-order valence-electron chi connectivity index (χ2n) is 3.58. The van der Waals surface area contributed by atoms with Gasteiger partial charge in [-0.1, -0.05) is 11.6 Å². The smallest absolute Gasteiger partial charge is 0.346 e. The van der Waals surface area contributed by atoms with Crippen molar-refractivity contribution in [3.8, 4) is 11.5 Å². The van der Waals surface area contributed by atoms with E-state index >= 15 is 0 Å². The van der Waals surface area contributed by atoms with Crippen LogP contribution in [0, 0.1) is 0 Å². The van der Waals surface area contributed by atoms with Crippen molar-refractivity contribution in [2.75, 3.05) is 14.2 Å². The molecule has 0 saturated carbocycles. The van der Waals surface area contributed by atoms with E-state index in [2.05, 4.69) is 4.74 Å². The molecule has 1 aromatic carbocycles. The van der Waals surface area contributed by atoms with Crippen LogP contribution in [-0.4, -0.2) is 26.3 Å². The third-order valence-electron chi connectivity index (χ3n) is 2.36. The van der Waals surface area contributed by atoms with Crippen LogP contribution in [0.1, 0.15) is 12.5 Å². The molecule has 5 nitrogen and oxygen atoms in total. The highest BCUT2D eigenvalue weighted by atomic mass is 35.5. The van der Waals surface area contributed by atoms with E-state index in [0.29, 0.717) is 22.1 Å². The quantitative estimate of drug-likeness (QED) is 0.828. The van der Waals surface area contributed by atoms with Crippen molar-refractivity contribution < 1.29 is 19.0 Å². The Bertz CT molecular complexity index is 411. The Labute approximate surface area is 111 Å². The van der Waals surface area contributed by atoms with Crippen LogP contribution in [0.3, 0.4) is 0 Å². The van der Waals surface area contributed by atoms with Gasteiger partial charge >= 0.3 is 5.97 Å². The second-order valence-corrected chi connectivity index (χ2v) is 4.02. The molecule has 2 N–H and O–H groups in total. The molecule has 100 valence electrons. The summed E-state index contributed by atoms with van der Waals surface area (Å²) in [6, 6.07) is 3.27. The van der Waals surface area contributed by atoms with E-state index in [1.54, 1.807) is 19.1 Å². The molecule has 0 aliphatic rings. The van der Waals surface area contributed by atoms with Crippen LogP contribution in [0.25, 0.3) is 0 Å². The molecule has 1 rings (SSSR count). The molecular formula is C12H16ClNO4. The highest BCUT2D eigenvalue weighted by Crippen LogP contribution is 2.35. The summed E-state index contributed by atoms with van der Waals surface area (Å²) >= 11 is 5.92. The van der Waals surface area contributed by atoms with Crippen LogP contribution in [0.4, 0.5) is 0 Å². The van der Waals surface area contributed by atoms with Gasteiger partial charge < -0.3 is 19.9 Å². The van der Waals surface area contributed by atoms with Crippen molar-refractivity contribution >= 4 is 17.6 Å². The van der Waals surface area contributed by atoms with Gasteiger partial charge in [0, 0.05) is 23.2 Å². The normalized spacial score (nSPS) is 11.8. The van der Waals surface area contributed by atoms with Crippen molar-refractivity contribution in [2.45, 2.75) is 19.6 Å². The van der Waals surface area contributed by atoms with Crippen molar-refractivity contribution in [1.29, 1.82) is 0 Å². The van der Waals surface area contributed by atoms with E-state index in [4.69, 9.17) is 26.8 Å². The van der Waals surface area contributed by atoms with Gasteiger partial charge in [0.15, 0.2) is 17.6 Å². The van der Waals surface area contributed by atoms with Gasteiger partial charge in [-0.25, -0.2) is 4.79 Å². The van der Waals surface area contributed by atoms with Gasteiger partial charge in [-0.3, -0.25) is 0 Å². The second kappa shape index (κ2) is 6.47. The lowest BCUT2D eigenvalue weighted by Crippen LogP contribution is -2.25. The number of methoxy groups -OCH3 is 2. The van der Waals surface area contributed by atoms with E-state index in [0.717, 1.165) is 0 Å². The Morgan fingerprint density at radius 2 is 2.11 bits per heavy atom. The molecule has 0 radical (unpaired) electrons. The van der Waals surface area contributed by atoms with Crippen molar-refractivity contribution in [2.24, 2.45) is 5.73 Å². The van der Waals surface area contributed by atoms with Gasteiger partial charge in [0.05, 0.1) is 14.2 Å². The monoisotopic (exact) mass is 273 g/mol. The lowest BCUT2D eigenvalue weighted by molar-refractivity contribution is -0.147. The number of halogens is 1. The Hall–Kier alpha value is -1.46. The molecular weight excluding hydrogens is 258 g/mol. The summed E-state index contributed by atoms with van der Waals surface area (Å²) in [7, 11) is 2.78. The average Bonchev–Trinajstić information content (AvgIpc) is 2.38. The van der Waals surface area contributed by atoms with Gasteiger partial charge in [-0.15, -0.1) is 0 Å². The fourth-order valence-electron chi connectivity index (χ4n) is 1.45. The minimum Gasteiger partial charge on any atom is -0.493 e. The zero-order valence-electron chi connectivity index (χ0n) is 10.5. The van der Waals surface area contributed by atoms with Crippen LogP contribution in [0.15, 0.2) is 12.1 Å². The Morgan fingerprint density at radius 1 is 1.44 bits per heavy atom. The molecule has 1 atom stereocenters. The van der Waals surface area contributed by atoms with Crippen LogP contribution in [-0.2, 0) is 16.1 Å². The molecule has 1 unspecified atom stereocenters. The largest absolute Gasteiger partial charge is 0.493 e. The number of carbonyl (C=O) groups excluding carboxylic acids is 1. The summed E-state index contributed by atoms with van der Waals surface area (Å²) in [5, 5.41) is 0.491. The third-order valence-corrected chi connectivity index (χ3v) is 2.58. The molecule has 18 heavy (non-hydrogen) atoms. The molecule has 0 saturated heterocycles. The number of rotatable bonds is 5. The SMILES string of the molecule is COC(=O)C(C)Oc1c(CN)cc(Cl)cc1OC. The summed E-state index contributed by atoms with van der Waals surface area (Å²) in [5.41, 5.74) is 6.28. The fraction of sp³-hybridized carbons (Fsp3) is 0.417. The minimum atomic E-state index is -0.754. The predicted molar refractivity (Wildman–Crippen MR) is 68.0 cm³/mol. The van der Waals surface area contributed by atoms with E-state index in [1.165, 1.54) is 14.2 Å². The maximum atomic E-state index is 11.3. The lowest BCUT2D eigenvalue weighted by Gasteiger charge is -2.18. The van der Waals surface area contributed by atoms with Crippen LogP contribution in [0.5, 0.6) is 11.5 Å². The first-order valence-corrected chi connectivity index (χ1v) is 5.72. The van der Waals surface area contributed by atoms with Crippen molar-refractivity contribution in [3.63, 3.8) is 0 Å². The Morgan fingerprint density at radius 3 is 2.61 bits per heavy atom. The average molecular weight is 274 g/mol. The number of carbonyl (C=O) groups is 1. The number of hydrogen-bond donors (Lipinski definition) is 1. The van der Waals surface area contributed by atoms with Gasteiger partial charge in [0.2, 0.25) is 0 Å². The number of esters is 1. The molecule has 0 bridgehead atoms. The Balaban J connectivity index is 3.09. The van der Waals surface area contributed by atoms with E-state index in [1.807, 2.05) is 0 Å². The van der Waals surface area contributed by atoms with Gasteiger partial charge in [0.1, 0.15) is 0 Å². The molecule has 0 heterocycles. The maximum absolute atomic E-state index is 11.3. The molecule has 0 aliphatic carbocycles. The summed E-state index contributed by atoms with van der Waals surface area (Å²) in [5.74, 6) is 0.357. The highest BCUT2D eigenvalue weighted by molar-refractivity contribution is 6.30. The standard InChI is InChI=1S/C12H16ClNO4/c1-7(12(15)17-3)18-11-8(6-14)4-9(13)5-10(11)16-2/h4-5,7H,6,14H2,1-3H3. The zero-order valence-corrected chi connectivity index (χ0v) is 11.3. The lowest BCUT2D eigenvalue weighted by atomic mass is 10.2. The van der Waals surface area contributed by atoms with Gasteiger partial charge in [-0.05, 0) is 13.0 Å². The molecule has 6 heteroatoms. The zero-order chi connectivity index (χ0) is 13.7. The van der Waals surface area contributed by atoms with Crippen LogP contribution >= 0.6 is 11.6 Å². The summed E-state index contributed by atoms with van der Waals surface area (Å²) in [6.45, 7) is 1.81. The summed E-state index contributed by atoms with van der Waals surface area (Å²) < 4.78 is 15.3. The van der Waals surface area contributed by atoms with Crippen molar-refractivity contribution in [3.05, 3.63) is 22.7 Å². The number of ether oxygens (including phenoxy) is 3. The minimum absolute atomic E-state index is 0.222. The third kappa shape index (κ3) is 3.27. The van der Waals surface area contributed by atoms with Crippen molar-refractivity contribution in [1.82, 2.24) is 0 Å². The summed E-state index contributed by atoms with van der Waals surface area (Å²) in [6.07, 6.45) is -0.754. The van der Waals surface area contributed by atoms with Crippen LogP contribution < -0.4 is 15.2 Å². The molecule has 0 aromatic heterocycles. The first-order chi connectivity index (χ1) is 8.53. The predicted octanol–water partition coefficient (Wildman–Crippen LogP) is 1.75. The number of hydrogen-bond acceptors (Lipinski definition) is 5. The van der Waals surface area contributed by atoms with E-state index in [9.17, 15) is 4.79 Å². The number of benzene rings is 1. The Kier molecular flexibility index (Phi) is 5.25. The van der Waals surface area contributed by atoms with Gasteiger partial charge in [-0.2, -0.15) is 0 Å². The summed E-state index contributed by atoms with van der Waals surface area (Å²) in [4.78, 5) is 11.3. The van der Waals surface area contributed by atoms with E-state index < -0.39 is 12.1 Å². The molecule has 0 aliphatic heterocycles. The van der Waals surface area contributed by atoms with Gasteiger partial charge in [0.25, 0.3) is 0 Å². The molecule has 0 fully saturated rings. The first-order valence-electron chi connectivity index (χ1n) is 5.34. The van der Waals surface area contributed by atoms with Crippen LogP contribution in [0.2, 0.25) is 5.02 Å². The molecule has 1 aromatic rings. The molecule has 0 amide bonds. The topological polar surface area (TPSA) is 70.8 Å². The first kappa shape index (κ1) is 14.6. The molecule has 0 spiro atoms. The highest BCUT2D eigenvalue weighted by Gasteiger charge is 2.20.